The van der Waals surface area contributed by atoms with E-state index in [2.05, 4.69) is 15.3 Å². The molecule has 2 aromatic rings. The minimum absolute atomic E-state index is 0.168. The Hall–Kier alpha value is -3.45. The number of amides is 1. The molecule has 2 N–H and O–H groups in total. The summed E-state index contributed by atoms with van der Waals surface area (Å²) >= 11 is -0.750. The Morgan fingerprint density at radius 1 is 1.28 bits per heavy atom. The van der Waals surface area contributed by atoms with E-state index in [1.165, 1.54) is 12.4 Å². The van der Waals surface area contributed by atoms with Crippen molar-refractivity contribution in [1.29, 1.82) is 5.41 Å². The van der Waals surface area contributed by atoms with Gasteiger partial charge in [-0.15, -0.1) is 0 Å². The minimum Gasteiger partial charge on any atom is -0.474 e. The number of carbonyl (C=O) groups is 1. The predicted molar refractivity (Wildman–Crippen MR) is 129 cm³/mol. The van der Waals surface area contributed by atoms with Gasteiger partial charge in [0.15, 0.2) is 0 Å². The molecule has 2 atom stereocenters. The lowest BCUT2D eigenvalue weighted by molar-refractivity contribution is -0.0933. The first-order valence-corrected chi connectivity index (χ1v) is 12.0. The molecule has 11 nitrogen and oxygen atoms in total. The summed E-state index contributed by atoms with van der Waals surface area (Å²) in [5.74, 6) is 0.0944. The molecule has 2 fully saturated rings. The summed E-state index contributed by atoms with van der Waals surface area (Å²) in [7, 11) is 0. The number of aryl methyl sites for hydroxylation is 1. The van der Waals surface area contributed by atoms with Crippen molar-refractivity contribution in [2.24, 2.45) is 0 Å². The number of piperidine rings is 1. The number of nitrogens with zero attached hydrogens (tertiary/aromatic N) is 3. The summed E-state index contributed by atoms with van der Waals surface area (Å²) in [5, 5.41) is 10.8. The molecule has 4 rings (SSSR count). The number of fused-ring (bicyclic) bond motifs is 2. The number of anilines is 2. The highest BCUT2D eigenvalue weighted by Gasteiger charge is 2.43. The van der Waals surface area contributed by atoms with E-state index < -0.39 is 17.4 Å². The van der Waals surface area contributed by atoms with Crippen molar-refractivity contribution in [3.8, 4) is 5.88 Å². The van der Waals surface area contributed by atoms with Crippen molar-refractivity contribution in [3.05, 3.63) is 41.5 Å². The van der Waals surface area contributed by atoms with Gasteiger partial charge in [0.25, 0.3) is 0 Å². The summed E-state index contributed by atoms with van der Waals surface area (Å²) in [5.41, 5.74) is 1.37. The quantitative estimate of drug-likeness (QED) is 0.548. The molecular weight excluding hydrogens is 493 g/mol. The van der Waals surface area contributed by atoms with Crippen LogP contribution < -0.4 is 10.1 Å². The third kappa shape index (κ3) is 6.61. The number of rotatable bonds is 6. The molecule has 1 aromatic carbocycles. The van der Waals surface area contributed by atoms with Crippen molar-refractivity contribution in [1.82, 2.24) is 14.9 Å². The van der Waals surface area contributed by atoms with Crippen LogP contribution in [0.4, 0.5) is 20.7 Å². The molecule has 2 aliphatic rings. The van der Waals surface area contributed by atoms with Gasteiger partial charge in [0.1, 0.15) is 24.1 Å². The SMILES string of the molecule is Cc1ccc(Nc2ncnc(OC3CC4COCC(C3)N4C(=O)OC(C)C)c2C=N)c(F)c1.O=S=O. The average Bonchev–Trinajstić information content (AvgIpc) is 2.80. The topological polar surface area (TPSA) is 144 Å². The number of aromatic nitrogens is 2. The van der Waals surface area contributed by atoms with Gasteiger partial charge in [-0.1, -0.05) is 6.07 Å². The highest BCUT2D eigenvalue weighted by Crippen LogP contribution is 2.33. The Kier molecular flexibility index (Phi) is 9.42. The van der Waals surface area contributed by atoms with Crippen LogP contribution in [-0.2, 0) is 21.0 Å². The molecule has 194 valence electrons. The maximum atomic E-state index is 14.3. The number of nitrogens with one attached hydrogen (secondary N) is 2. The molecule has 0 saturated carbocycles. The van der Waals surface area contributed by atoms with Gasteiger partial charge in [-0.2, -0.15) is 8.42 Å². The summed E-state index contributed by atoms with van der Waals surface area (Å²) in [6.07, 6.45) is 2.72. The molecule has 1 aromatic heterocycles. The molecule has 2 unspecified atom stereocenters. The lowest BCUT2D eigenvalue weighted by Crippen LogP contribution is -2.61. The van der Waals surface area contributed by atoms with E-state index in [4.69, 9.17) is 28.0 Å². The van der Waals surface area contributed by atoms with Gasteiger partial charge in [-0.05, 0) is 38.5 Å². The Balaban J connectivity index is 0.00000115. The fourth-order valence-corrected chi connectivity index (χ4v) is 4.23. The van der Waals surface area contributed by atoms with E-state index in [-0.39, 0.29) is 47.8 Å². The Morgan fingerprint density at radius 2 is 1.94 bits per heavy atom. The number of carbonyl (C=O) groups excluding carboxylic acids is 1. The molecule has 2 aliphatic heterocycles. The van der Waals surface area contributed by atoms with Crippen LogP contribution in [-0.4, -0.2) is 73.1 Å². The number of hydrogen-bond acceptors (Lipinski definition) is 10. The number of hydrogen-bond donors (Lipinski definition) is 2. The van der Waals surface area contributed by atoms with Crippen LogP contribution in [0.3, 0.4) is 0 Å². The smallest absolute Gasteiger partial charge is 0.410 e. The van der Waals surface area contributed by atoms with Crippen LogP contribution in [0.2, 0.25) is 0 Å². The standard InChI is InChI=1S/C23H28FN5O4.O2S/c1-13(2)32-23(30)29-15-7-17(8-16(29)11-31-10-15)33-22-18(9-25)21(26-12-27-22)28-20-5-4-14(3)6-19(20)24;1-3-2/h4-6,9,12-13,15-17,25H,7-8,10-11H2,1-3H3,(H,26,27,28);. The zero-order valence-electron chi connectivity index (χ0n) is 20.1. The minimum atomic E-state index is -0.750. The van der Waals surface area contributed by atoms with Gasteiger partial charge >= 0.3 is 17.7 Å². The van der Waals surface area contributed by atoms with Gasteiger partial charge in [0, 0.05) is 19.1 Å². The maximum absolute atomic E-state index is 14.3. The van der Waals surface area contributed by atoms with Gasteiger partial charge in [0.05, 0.1) is 42.7 Å². The van der Waals surface area contributed by atoms with E-state index in [1.807, 2.05) is 13.8 Å². The van der Waals surface area contributed by atoms with Crippen LogP contribution in [0.15, 0.2) is 24.5 Å². The first-order chi connectivity index (χ1) is 17.3. The van der Waals surface area contributed by atoms with Crippen LogP contribution in [0.5, 0.6) is 5.88 Å². The highest BCUT2D eigenvalue weighted by molar-refractivity contribution is 7.51. The number of halogens is 1. The molecule has 1 amide bonds. The second-order valence-electron chi connectivity index (χ2n) is 8.66. The third-order valence-electron chi connectivity index (χ3n) is 5.67. The Bertz CT molecular complexity index is 1120. The zero-order valence-corrected chi connectivity index (χ0v) is 20.9. The van der Waals surface area contributed by atoms with Crippen molar-refractivity contribution in [2.45, 2.75) is 57.9 Å². The maximum Gasteiger partial charge on any atom is 0.410 e. The molecule has 0 radical (unpaired) electrons. The summed E-state index contributed by atoms with van der Waals surface area (Å²) in [6, 6.07) is 4.49. The van der Waals surface area contributed by atoms with Crippen LogP contribution in [0.1, 0.15) is 37.8 Å². The largest absolute Gasteiger partial charge is 0.474 e. The molecule has 13 heteroatoms. The molecule has 3 heterocycles. The van der Waals surface area contributed by atoms with Gasteiger partial charge in [0.2, 0.25) is 5.88 Å². The normalized spacial score (nSPS) is 20.6. The van der Waals surface area contributed by atoms with Crippen molar-refractivity contribution in [3.63, 3.8) is 0 Å². The molecule has 2 saturated heterocycles. The van der Waals surface area contributed by atoms with E-state index in [0.29, 0.717) is 31.6 Å². The summed E-state index contributed by atoms with van der Waals surface area (Å²) in [6.45, 7) is 6.26. The Morgan fingerprint density at radius 3 is 2.53 bits per heavy atom. The number of ether oxygens (including phenoxy) is 3. The summed E-state index contributed by atoms with van der Waals surface area (Å²) < 4.78 is 48.1. The fourth-order valence-electron chi connectivity index (χ4n) is 4.23. The van der Waals surface area contributed by atoms with Crippen molar-refractivity contribution in [2.75, 3.05) is 18.5 Å². The van der Waals surface area contributed by atoms with Crippen molar-refractivity contribution >= 4 is 35.4 Å². The highest BCUT2D eigenvalue weighted by atomic mass is 32.1. The van der Waals surface area contributed by atoms with E-state index in [0.717, 1.165) is 11.8 Å². The van der Waals surface area contributed by atoms with E-state index in [9.17, 15) is 9.18 Å². The van der Waals surface area contributed by atoms with Gasteiger partial charge in [-0.3, -0.25) is 4.90 Å². The first kappa shape index (κ1) is 27.1. The fraction of sp³-hybridized carbons (Fsp3) is 0.478. The third-order valence-corrected chi connectivity index (χ3v) is 5.67. The van der Waals surface area contributed by atoms with Gasteiger partial charge < -0.3 is 24.9 Å². The van der Waals surface area contributed by atoms with Crippen LogP contribution in [0.25, 0.3) is 0 Å². The Labute approximate surface area is 211 Å². The molecule has 0 aliphatic carbocycles. The summed E-state index contributed by atoms with van der Waals surface area (Å²) in [4.78, 5) is 22.7. The number of benzene rings is 1. The van der Waals surface area contributed by atoms with E-state index in [1.54, 1.807) is 24.0 Å². The zero-order chi connectivity index (χ0) is 26.2. The lowest BCUT2D eigenvalue weighted by Gasteiger charge is -2.47. The lowest BCUT2D eigenvalue weighted by atomic mass is 9.92. The van der Waals surface area contributed by atoms with Gasteiger partial charge in [-0.25, -0.2) is 19.2 Å². The molecular formula is C23H28FN5O6S. The molecule has 0 spiro atoms. The van der Waals surface area contributed by atoms with Crippen LogP contribution in [0, 0.1) is 18.2 Å². The molecule has 36 heavy (non-hydrogen) atoms. The predicted octanol–water partition coefficient (Wildman–Crippen LogP) is 3.15. The second kappa shape index (κ2) is 12.5. The number of morpholine rings is 1. The van der Waals surface area contributed by atoms with E-state index >= 15 is 0 Å². The monoisotopic (exact) mass is 521 g/mol. The van der Waals surface area contributed by atoms with Crippen LogP contribution >= 0.6 is 0 Å². The average molecular weight is 522 g/mol. The van der Waals surface area contributed by atoms with Crippen molar-refractivity contribution < 1.29 is 31.8 Å². The first-order valence-electron chi connectivity index (χ1n) is 11.3. The molecule has 2 bridgehead atoms. The second-order valence-corrected chi connectivity index (χ2v) is 8.79.